The normalized spacial score (nSPS) is 10.8. The number of hydrogen-bond acceptors (Lipinski definition) is 4. The Morgan fingerprint density at radius 1 is 1.20 bits per heavy atom. The molecule has 3 nitrogen and oxygen atoms in total. The van der Waals surface area contributed by atoms with E-state index in [4.69, 9.17) is 4.74 Å². The van der Waals surface area contributed by atoms with Crippen molar-refractivity contribution in [2.75, 3.05) is 7.05 Å². The van der Waals surface area contributed by atoms with Gasteiger partial charge in [-0.15, -0.1) is 11.3 Å². The smallest absolute Gasteiger partial charge is 0.140 e. The Balaban J connectivity index is 2.11. The number of ether oxygens (including phenoxy) is 1. The van der Waals surface area contributed by atoms with Crippen LogP contribution in [-0.2, 0) is 13.2 Å². The third-order valence-electron chi connectivity index (χ3n) is 3.39. The van der Waals surface area contributed by atoms with Gasteiger partial charge in [-0.25, -0.2) is 4.98 Å². The largest absolute Gasteiger partial charge is 0.486 e. The molecule has 0 radical (unpaired) electrons. The third kappa shape index (κ3) is 3.38. The Labute approximate surface area is 125 Å². The first-order chi connectivity index (χ1) is 9.51. The molecule has 2 rings (SSSR count). The fourth-order valence-electron chi connectivity index (χ4n) is 2.16. The Kier molecular flexibility index (Phi) is 4.78. The SMILES string of the molecule is CNCc1sc(COc2cc(C)cc(C)c2C)nc1C. The Morgan fingerprint density at radius 3 is 2.65 bits per heavy atom. The van der Waals surface area contributed by atoms with Crippen LogP contribution in [0.1, 0.15) is 32.3 Å². The van der Waals surface area contributed by atoms with Crippen LogP contribution in [0.2, 0.25) is 0 Å². The quantitative estimate of drug-likeness (QED) is 0.912. The second kappa shape index (κ2) is 6.37. The molecule has 2 aromatic rings. The predicted molar refractivity (Wildman–Crippen MR) is 84.6 cm³/mol. The molecule has 0 atom stereocenters. The fraction of sp³-hybridized carbons (Fsp3) is 0.438. The molecule has 108 valence electrons. The maximum atomic E-state index is 5.96. The molecule has 1 heterocycles. The number of aryl methyl sites for hydroxylation is 3. The first-order valence-electron chi connectivity index (χ1n) is 6.81. The molecule has 0 fully saturated rings. The molecule has 0 spiro atoms. The van der Waals surface area contributed by atoms with Gasteiger partial charge in [0.15, 0.2) is 0 Å². The topological polar surface area (TPSA) is 34.1 Å². The molecule has 0 saturated heterocycles. The molecule has 0 bridgehead atoms. The van der Waals surface area contributed by atoms with Gasteiger partial charge in [0.2, 0.25) is 0 Å². The van der Waals surface area contributed by atoms with Crippen molar-refractivity contribution in [3.8, 4) is 5.75 Å². The highest BCUT2D eigenvalue weighted by Gasteiger charge is 2.09. The van der Waals surface area contributed by atoms with Crippen molar-refractivity contribution in [3.05, 3.63) is 44.4 Å². The number of rotatable bonds is 5. The second-order valence-electron chi connectivity index (χ2n) is 5.14. The lowest BCUT2D eigenvalue weighted by molar-refractivity contribution is 0.303. The molecule has 1 aromatic carbocycles. The van der Waals surface area contributed by atoms with Gasteiger partial charge in [-0.1, -0.05) is 6.07 Å². The number of thiazole rings is 1. The minimum Gasteiger partial charge on any atom is -0.486 e. The van der Waals surface area contributed by atoms with Crippen molar-refractivity contribution in [3.63, 3.8) is 0 Å². The fourth-order valence-corrected chi connectivity index (χ4v) is 3.16. The van der Waals surface area contributed by atoms with Crippen molar-refractivity contribution < 1.29 is 4.74 Å². The van der Waals surface area contributed by atoms with E-state index in [1.54, 1.807) is 11.3 Å². The summed E-state index contributed by atoms with van der Waals surface area (Å²) in [5, 5.41) is 4.20. The number of nitrogens with zero attached hydrogens (tertiary/aromatic N) is 1. The molecule has 0 aliphatic heterocycles. The lowest BCUT2D eigenvalue weighted by atomic mass is 10.1. The molecule has 4 heteroatoms. The van der Waals surface area contributed by atoms with Crippen molar-refractivity contribution in [1.82, 2.24) is 10.3 Å². The van der Waals surface area contributed by atoms with Gasteiger partial charge in [-0.2, -0.15) is 0 Å². The summed E-state index contributed by atoms with van der Waals surface area (Å²) in [5.41, 5.74) is 4.81. The zero-order valence-corrected chi connectivity index (χ0v) is 13.6. The van der Waals surface area contributed by atoms with Crippen LogP contribution in [0.4, 0.5) is 0 Å². The monoisotopic (exact) mass is 290 g/mol. The number of nitrogens with one attached hydrogen (secondary N) is 1. The summed E-state index contributed by atoms with van der Waals surface area (Å²) in [6, 6.07) is 4.28. The van der Waals surface area contributed by atoms with Crippen LogP contribution < -0.4 is 10.1 Å². The molecular weight excluding hydrogens is 268 g/mol. The highest BCUT2D eigenvalue weighted by molar-refractivity contribution is 7.11. The maximum Gasteiger partial charge on any atom is 0.140 e. The summed E-state index contributed by atoms with van der Waals surface area (Å²) in [6.07, 6.45) is 0. The van der Waals surface area contributed by atoms with Crippen molar-refractivity contribution in [1.29, 1.82) is 0 Å². The Bertz CT molecular complexity index is 605. The highest BCUT2D eigenvalue weighted by atomic mass is 32.1. The first kappa shape index (κ1) is 15.0. The van der Waals surface area contributed by atoms with E-state index < -0.39 is 0 Å². The van der Waals surface area contributed by atoms with Crippen molar-refractivity contribution in [2.45, 2.75) is 40.8 Å². The minimum absolute atomic E-state index is 0.541. The van der Waals surface area contributed by atoms with Gasteiger partial charge in [0.05, 0.1) is 5.69 Å². The van der Waals surface area contributed by atoms with Crippen LogP contribution in [-0.4, -0.2) is 12.0 Å². The molecule has 0 aliphatic carbocycles. The Hall–Kier alpha value is -1.39. The average molecular weight is 290 g/mol. The van der Waals surface area contributed by atoms with Crippen LogP contribution in [0.3, 0.4) is 0 Å². The van der Waals surface area contributed by atoms with Crippen LogP contribution in [0, 0.1) is 27.7 Å². The highest BCUT2D eigenvalue weighted by Crippen LogP contribution is 2.25. The molecular formula is C16H22N2OS. The third-order valence-corrected chi connectivity index (χ3v) is 4.52. The lowest BCUT2D eigenvalue weighted by Crippen LogP contribution is -2.04. The minimum atomic E-state index is 0.541. The van der Waals surface area contributed by atoms with E-state index in [2.05, 4.69) is 50.1 Å². The zero-order valence-electron chi connectivity index (χ0n) is 12.8. The van der Waals surface area contributed by atoms with E-state index in [9.17, 15) is 0 Å². The number of hydrogen-bond donors (Lipinski definition) is 1. The standard InChI is InChI=1S/C16H22N2OS/c1-10-6-11(2)12(3)14(7-10)19-9-16-18-13(4)15(20-16)8-17-5/h6-7,17H,8-9H2,1-5H3. The van der Waals surface area contributed by atoms with Gasteiger partial charge in [0.1, 0.15) is 17.4 Å². The first-order valence-corrected chi connectivity index (χ1v) is 7.63. The Morgan fingerprint density at radius 2 is 1.95 bits per heavy atom. The zero-order chi connectivity index (χ0) is 14.7. The van der Waals surface area contributed by atoms with Gasteiger partial charge < -0.3 is 10.1 Å². The van der Waals surface area contributed by atoms with Crippen LogP contribution >= 0.6 is 11.3 Å². The van der Waals surface area contributed by atoms with Gasteiger partial charge in [0.25, 0.3) is 0 Å². The molecule has 1 aromatic heterocycles. The van der Waals surface area contributed by atoms with E-state index in [1.807, 2.05) is 7.05 Å². The molecule has 20 heavy (non-hydrogen) atoms. The lowest BCUT2D eigenvalue weighted by Gasteiger charge is -2.11. The van der Waals surface area contributed by atoms with Crippen LogP contribution in [0.25, 0.3) is 0 Å². The summed E-state index contributed by atoms with van der Waals surface area (Å²) in [6.45, 7) is 9.77. The van der Waals surface area contributed by atoms with Crippen LogP contribution in [0.5, 0.6) is 5.75 Å². The van der Waals surface area contributed by atoms with E-state index in [0.29, 0.717) is 6.61 Å². The summed E-state index contributed by atoms with van der Waals surface area (Å²) in [5.74, 6) is 0.963. The van der Waals surface area contributed by atoms with Crippen molar-refractivity contribution in [2.24, 2.45) is 0 Å². The van der Waals surface area contributed by atoms with Gasteiger partial charge in [0, 0.05) is 11.4 Å². The summed E-state index contributed by atoms with van der Waals surface area (Å²) in [7, 11) is 1.95. The number of benzene rings is 1. The van der Waals surface area contributed by atoms with E-state index in [0.717, 1.165) is 23.0 Å². The molecule has 0 aliphatic rings. The van der Waals surface area contributed by atoms with E-state index in [-0.39, 0.29) is 0 Å². The van der Waals surface area contributed by atoms with E-state index in [1.165, 1.54) is 21.6 Å². The van der Waals surface area contributed by atoms with Gasteiger partial charge >= 0.3 is 0 Å². The predicted octanol–water partition coefficient (Wildman–Crippen LogP) is 3.68. The molecule has 1 N–H and O–H groups in total. The second-order valence-corrected chi connectivity index (χ2v) is 6.31. The summed E-state index contributed by atoms with van der Waals surface area (Å²) < 4.78 is 5.96. The maximum absolute atomic E-state index is 5.96. The van der Waals surface area contributed by atoms with Crippen LogP contribution in [0.15, 0.2) is 12.1 Å². The molecule has 0 saturated carbocycles. The molecule has 0 amide bonds. The summed E-state index contributed by atoms with van der Waals surface area (Å²) >= 11 is 1.72. The van der Waals surface area contributed by atoms with Gasteiger partial charge in [-0.05, 0) is 57.5 Å². The van der Waals surface area contributed by atoms with Gasteiger partial charge in [-0.3, -0.25) is 0 Å². The molecule has 0 unspecified atom stereocenters. The average Bonchev–Trinajstić information content (AvgIpc) is 2.73. The summed E-state index contributed by atoms with van der Waals surface area (Å²) in [4.78, 5) is 5.85. The number of aromatic nitrogens is 1. The van der Waals surface area contributed by atoms with E-state index >= 15 is 0 Å². The van der Waals surface area contributed by atoms with Crippen molar-refractivity contribution >= 4 is 11.3 Å².